The third-order valence-corrected chi connectivity index (χ3v) is 2.01. The maximum atomic E-state index is 11.2. The summed E-state index contributed by atoms with van der Waals surface area (Å²) in [6.07, 6.45) is 1.66. The summed E-state index contributed by atoms with van der Waals surface area (Å²) in [6, 6.07) is 0. The predicted octanol–water partition coefficient (Wildman–Crippen LogP) is -0.351. The van der Waals surface area contributed by atoms with Crippen molar-refractivity contribution in [3.63, 3.8) is 0 Å². The first kappa shape index (κ1) is 9.19. The topological polar surface area (TPSA) is 58.2 Å². The zero-order valence-electron chi connectivity index (χ0n) is 7.22. The van der Waals surface area contributed by atoms with Gasteiger partial charge in [0.25, 0.3) is 0 Å². The average molecular weight is 170 g/mol. The van der Waals surface area contributed by atoms with Crippen LogP contribution in [0.25, 0.3) is 0 Å². The number of hydrogen-bond acceptors (Lipinski definition) is 3. The highest BCUT2D eigenvalue weighted by atomic mass is 16.2. The summed E-state index contributed by atoms with van der Waals surface area (Å²) >= 11 is 0. The van der Waals surface area contributed by atoms with Crippen LogP contribution in [0.5, 0.6) is 0 Å². The highest BCUT2D eigenvalue weighted by molar-refractivity contribution is 5.95. The number of rotatable bonds is 1. The molecule has 1 rings (SSSR count). The monoisotopic (exact) mass is 170 g/mol. The van der Waals surface area contributed by atoms with Gasteiger partial charge in [-0.3, -0.25) is 14.9 Å². The zero-order valence-corrected chi connectivity index (χ0v) is 7.22. The molecule has 0 atom stereocenters. The van der Waals surface area contributed by atoms with Crippen LogP contribution in [0.15, 0.2) is 0 Å². The van der Waals surface area contributed by atoms with E-state index in [-0.39, 0.29) is 17.7 Å². The molecule has 4 nitrogen and oxygen atoms in total. The smallest absolute Gasteiger partial charge is 0.229 e. The molecular weight excluding hydrogens is 156 g/mol. The van der Waals surface area contributed by atoms with Crippen LogP contribution in [0, 0.1) is 5.92 Å². The molecule has 0 aromatic heterocycles. The first-order valence-electron chi connectivity index (χ1n) is 4.22. The molecule has 1 heterocycles. The van der Waals surface area contributed by atoms with E-state index in [1.807, 2.05) is 0 Å². The number of piperidine rings is 1. The van der Waals surface area contributed by atoms with E-state index in [2.05, 4.69) is 10.6 Å². The Balaban J connectivity index is 2.34. The Hall–Kier alpha value is -0.900. The van der Waals surface area contributed by atoms with Gasteiger partial charge in [0.1, 0.15) is 0 Å². The molecule has 0 aromatic rings. The molecule has 0 aromatic carbocycles. The van der Waals surface area contributed by atoms with Gasteiger partial charge in [0.15, 0.2) is 0 Å². The summed E-state index contributed by atoms with van der Waals surface area (Å²) in [6.45, 7) is 3.10. The van der Waals surface area contributed by atoms with Crippen molar-refractivity contribution in [3.8, 4) is 0 Å². The normalized spacial score (nSPS) is 18.8. The highest BCUT2D eigenvalue weighted by Crippen LogP contribution is 2.10. The molecule has 0 bridgehead atoms. The van der Waals surface area contributed by atoms with Crippen molar-refractivity contribution >= 4 is 11.8 Å². The Morgan fingerprint density at radius 2 is 1.92 bits per heavy atom. The van der Waals surface area contributed by atoms with Gasteiger partial charge in [-0.2, -0.15) is 0 Å². The van der Waals surface area contributed by atoms with Gasteiger partial charge in [-0.05, 0) is 25.9 Å². The van der Waals surface area contributed by atoms with Gasteiger partial charge in [0.2, 0.25) is 11.8 Å². The lowest BCUT2D eigenvalue weighted by Crippen LogP contribution is -2.39. The van der Waals surface area contributed by atoms with E-state index in [1.54, 1.807) is 0 Å². The van der Waals surface area contributed by atoms with Crippen LogP contribution in [0.4, 0.5) is 0 Å². The highest BCUT2D eigenvalue weighted by Gasteiger charge is 2.20. The lowest BCUT2D eigenvalue weighted by molar-refractivity contribution is -0.132. The molecule has 1 saturated heterocycles. The molecule has 1 aliphatic heterocycles. The predicted molar refractivity (Wildman–Crippen MR) is 44.4 cm³/mol. The van der Waals surface area contributed by atoms with E-state index >= 15 is 0 Å². The number of carbonyl (C=O) groups is 2. The quantitative estimate of drug-likeness (QED) is 0.565. The fourth-order valence-corrected chi connectivity index (χ4v) is 1.36. The SMILES string of the molecule is CC(=O)NC(=O)C1CCNCC1. The minimum atomic E-state index is -0.265. The number of hydrogen-bond donors (Lipinski definition) is 2. The summed E-state index contributed by atoms with van der Waals surface area (Å²) in [5.41, 5.74) is 0. The number of nitrogens with one attached hydrogen (secondary N) is 2. The Morgan fingerprint density at radius 3 is 2.42 bits per heavy atom. The van der Waals surface area contributed by atoms with Gasteiger partial charge in [-0.25, -0.2) is 0 Å². The van der Waals surface area contributed by atoms with Crippen LogP contribution in [0.2, 0.25) is 0 Å². The molecule has 1 aliphatic rings. The van der Waals surface area contributed by atoms with E-state index in [1.165, 1.54) is 6.92 Å². The van der Waals surface area contributed by atoms with Crippen LogP contribution in [-0.4, -0.2) is 24.9 Å². The maximum absolute atomic E-state index is 11.2. The van der Waals surface area contributed by atoms with E-state index in [0.29, 0.717) is 0 Å². The number of imide groups is 1. The molecule has 0 saturated carbocycles. The fraction of sp³-hybridized carbons (Fsp3) is 0.750. The van der Waals surface area contributed by atoms with Crippen LogP contribution < -0.4 is 10.6 Å². The maximum Gasteiger partial charge on any atom is 0.229 e. The Morgan fingerprint density at radius 1 is 1.33 bits per heavy atom. The van der Waals surface area contributed by atoms with Gasteiger partial charge >= 0.3 is 0 Å². The van der Waals surface area contributed by atoms with Crippen molar-refractivity contribution in [2.45, 2.75) is 19.8 Å². The largest absolute Gasteiger partial charge is 0.317 e. The van der Waals surface area contributed by atoms with Gasteiger partial charge in [0.05, 0.1) is 0 Å². The number of amides is 2. The lowest BCUT2D eigenvalue weighted by atomic mass is 9.97. The summed E-state index contributed by atoms with van der Waals surface area (Å²) < 4.78 is 0. The summed E-state index contributed by atoms with van der Waals surface area (Å²) in [4.78, 5) is 21.8. The first-order valence-corrected chi connectivity index (χ1v) is 4.22. The molecule has 0 aliphatic carbocycles. The molecule has 0 unspecified atom stereocenters. The minimum Gasteiger partial charge on any atom is -0.317 e. The average Bonchev–Trinajstić information content (AvgIpc) is 2.05. The van der Waals surface area contributed by atoms with Crippen LogP contribution in [0.3, 0.4) is 0 Å². The van der Waals surface area contributed by atoms with E-state index in [0.717, 1.165) is 25.9 Å². The lowest BCUT2D eigenvalue weighted by Gasteiger charge is -2.20. The molecule has 2 N–H and O–H groups in total. The molecule has 1 fully saturated rings. The second-order valence-corrected chi connectivity index (χ2v) is 3.07. The third kappa shape index (κ3) is 2.62. The van der Waals surface area contributed by atoms with Gasteiger partial charge in [-0.15, -0.1) is 0 Å². The van der Waals surface area contributed by atoms with Gasteiger partial charge < -0.3 is 5.32 Å². The summed E-state index contributed by atoms with van der Waals surface area (Å²) in [7, 11) is 0. The van der Waals surface area contributed by atoms with Crippen LogP contribution in [-0.2, 0) is 9.59 Å². The van der Waals surface area contributed by atoms with Crippen molar-refractivity contribution in [2.24, 2.45) is 5.92 Å². The van der Waals surface area contributed by atoms with Crippen molar-refractivity contribution in [1.82, 2.24) is 10.6 Å². The Labute approximate surface area is 71.7 Å². The molecular formula is C8H14N2O2. The standard InChI is InChI=1S/C8H14N2O2/c1-6(11)10-8(12)7-2-4-9-5-3-7/h7,9H,2-5H2,1H3,(H,10,11,12). The first-order chi connectivity index (χ1) is 5.70. The fourth-order valence-electron chi connectivity index (χ4n) is 1.36. The number of carbonyl (C=O) groups excluding carboxylic acids is 2. The van der Waals surface area contributed by atoms with Crippen molar-refractivity contribution in [2.75, 3.05) is 13.1 Å². The van der Waals surface area contributed by atoms with Crippen molar-refractivity contribution in [3.05, 3.63) is 0 Å². The molecule has 0 spiro atoms. The van der Waals surface area contributed by atoms with E-state index in [4.69, 9.17) is 0 Å². The Kier molecular flexibility index (Phi) is 3.22. The molecule has 0 radical (unpaired) electrons. The second kappa shape index (κ2) is 4.21. The zero-order chi connectivity index (χ0) is 8.97. The minimum absolute atomic E-state index is 0.0233. The summed E-state index contributed by atoms with van der Waals surface area (Å²) in [5, 5.41) is 5.46. The van der Waals surface area contributed by atoms with E-state index < -0.39 is 0 Å². The summed E-state index contributed by atoms with van der Waals surface area (Å²) in [5.74, 6) is -0.363. The molecule has 4 heteroatoms. The van der Waals surface area contributed by atoms with Crippen LogP contribution in [0.1, 0.15) is 19.8 Å². The molecule has 12 heavy (non-hydrogen) atoms. The third-order valence-electron chi connectivity index (χ3n) is 2.01. The molecule has 68 valence electrons. The molecule has 2 amide bonds. The van der Waals surface area contributed by atoms with Crippen molar-refractivity contribution in [1.29, 1.82) is 0 Å². The van der Waals surface area contributed by atoms with Crippen LogP contribution >= 0.6 is 0 Å². The second-order valence-electron chi connectivity index (χ2n) is 3.07. The van der Waals surface area contributed by atoms with Crippen molar-refractivity contribution < 1.29 is 9.59 Å². The van der Waals surface area contributed by atoms with Gasteiger partial charge in [0, 0.05) is 12.8 Å². The van der Waals surface area contributed by atoms with Gasteiger partial charge in [-0.1, -0.05) is 0 Å². The van der Waals surface area contributed by atoms with E-state index in [9.17, 15) is 9.59 Å². The Bertz CT molecular complexity index is 185.